The molecule has 1 aromatic rings. The maximum atomic E-state index is 11.7. The largest absolute Gasteiger partial charge is 0.358 e. The molecular formula is C11H15ClN2O3S. The highest BCUT2D eigenvalue weighted by Gasteiger charge is 2.21. The molecule has 0 unspecified atom stereocenters. The lowest BCUT2D eigenvalue weighted by molar-refractivity contribution is -0.119. The Morgan fingerprint density at radius 1 is 1.44 bits per heavy atom. The third-order valence-electron chi connectivity index (χ3n) is 2.39. The zero-order valence-electron chi connectivity index (χ0n) is 10.4. The second-order valence-corrected chi connectivity index (χ2v) is 6.22. The van der Waals surface area contributed by atoms with Crippen LogP contribution in [0.5, 0.6) is 0 Å². The molecule has 1 N–H and O–H groups in total. The summed E-state index contributed by atoms with van der Waals surface area (Å²) in [4.78, 5) is 11.4. The molecule has 0 aliphatic rings. The maximum Gasteiger partial charge on any atom is 0.240 e. The van der Waals surface area contributed by atoms with Gasteiger partial charge in [0, 0.05) is 12.1 Å². The minimum absolute atomic E-state index is 0.252. The van der Waals surface area contributed by atoms with Gasteiger partial charge < -0.3 is 5.32 Å². The fraction of sp³-hybridized carbons (Fsp3) is 0.364. The first-order valence-electron chi connectivity index (χ1n) is 5.20. The number of nitrogens with one attached hydrogen (secondary N) is 1. The van der Waals surface area contributed by atoms with Gasteiger partial charge in [-0.3, -0.25) is 9.10 Å². The molecule has 0 spiro atoms. The molecular weight excluding hydrogens is 276 g/mol. The molecule has 0 aliphatic heterocycles. The second-order valence-electron chi connectivity index (χ2n) is 3.87. The van der Waals surface area contributed by atoms with Crippen molar-refractivity contribution in [1.82, 2.24) is 5.32 Å². The Morgan fingerprint density at radius 2 is 2.06 bits per heavy atom. The number of likely N-dealkylation sites (N-methyl/N-ethyl adjacent to an activating group) is 1. The predicted molar refractivity (Wildman–Crippen MR) is 72.4 cm³/mol. The van der Waals surface area contributed by atoms with Crippen molar-refractivity contribution in [2.75, 3.05) is 24.2 Å². The Bertz CT molecular complexity index is 557. The number of aryl methyl sites for hydroxylation is 1. The van der Waals surface area contributed by atoms with E-state index < -0.39 is 10.0 Å². The number of carbonyl (C=O) groups is 1. The average molecular weight is 291 g/mol. The SMILES string of the molecule is CNC(=O)CN(c1ccc(Cl)cc1C)S(C)(=O)=O. The van der Waals surface area contributed by atoms with Gasteiger partial charge in [-0.05, 0) is 30.7 Å². The van der Waals surface area contributed by atoms with Crippen molar-refractivity contribution in [2.24, 2.45) is 0 Å². The summed E-state index contributed by atoms with van der Waals surface area (Å²) in [6.45, 7) is 1.49. The van der Waals surface area contributed by atoms with E-state index in [0.717, 1.165) is 10.6 Å². The summed E-state index contributed by atoms with van der Waals surface area (Å²) < 4.78 is 24.5. The standard InChI is InChI=1S/C11H15ClN2O3S/c1-8-6-9(12)4-5-10(8)14(18(3,16)17)7-11(15)13-2/h4-6H,7H2,1-3H3,(H,13,15). The van der Waals surface area contributed by atoms with E-state index in [0.29, 0.717) is 16.3 Å². The predicted octanol–water partition coefficient (Wildman–Crippen LogP) is 1.16. The van der Waals surface area contributed by atoms with Crippen molar-refractivity contribution in [3.63, 3.8) is 0 Å². The number of hydrogen-bond acceptors (Lipinski definition) is 3. The summed E-state index contributed by atoms with van der Waals surface area (Å²) in [5.41, 5.74) is 1.14. The number of benzene rings is 1. The highest BCUT2D eigenvalue weighted by atomic mass is 35.5. The first-order chi connectivity index (χ1) is 8.25. The van der Waals surface area contributed by atoms with Gasteiger partial charge in [-0.25, -0.2) is 8.42 Å². The lowest BCUT2D eigenvalue weighted by Gasteiger charge is -2.23. The average Bonchev–Trinajstić information content (AvgIpc) is 2.25. The molecule has 1 amide bonds. The van der Waals surface area contributed by atoms with Crippen LogP contribution >= 0.6 is 11.6 Å². The minimum Gasteiger partial charge on any atom is -0.358 e. The van der Waals surface area contributed by atoms with E-state index in [4.69, 9.17) is 11.6 Å². The van der Waals surface area contributed by atoms with Crippen LogP contribution in [0.3, 0.4) is 0 Å². The summed E-state index contributed by atoms with van der Waals surface area (Å²) in [6, 6.07) is 4.83. The zero-order valence-corrected chi connectivity index (χ0v) is 12.0. The molecule has 1 aromatic carbocycles. The Kier molecular flexibility index (Phi) is 4.59. The van der Waals surface area contributed by atoms with E-state index in [1.807, 2.05) is 0 Å². The first-order valence-corrected chi connectivity index (χ1v) is 7.42. The number of rotatable bonds is 4. The maximum absolute atomic E-state index is 11.7. The summed E-state index contributed by atoms with van der Waals surface area (Å²) in [6.07, 6.45) is 1.06. The van der Waals surface area contributed by atoms with Crippen molar-refractivity contribution in [3.05, 3.63) is 28.8 Å². The van der Waals surface area contributed by atoms with Crippen LogP contribution in [-0.4, -0.2) is 34.2 Å². The normalized spacial score (nSPS) is 11.1. The molecule has 0 aliphatic carbocycles. The molecule has 0 aromatic heterocycles. The van der Waals surface area contributed by atoms with E-state index in [1.165, 1.54) is 7.05 Å². The van der Waals surface area contributed by atoms with Crippen molar-refractivity contribution < 1.29 is 13.2 Å². The molecule has 18 heavy (non-hydrogen) atoms. The first kappa shape index (κ1) is 14.8. The summed E-state index contributed by atoms with van der Waals surface area (Å²) in [5, 5.41) is 2.92. The Hall–Kier alpha value is -1.27. The molecule has 0 fully saturated rings. The van der Waals surface area contributed by atoms with Gasteiger partial charge in [0.15, 0.2) is 0 Å². The fourth-order valence-corrected chi connectivity index (χ4v) is 2.63. The van der Waals surface area contributed by atoms with Crippen molar-refractivity contribution in [1.29, 1.82) is 0 Å². The molecule has 0 saturated carbocycles. The van der Waals surface area contributed by atoms with Crippen LogP contribution in [0.2, 0.25) is 5.02 Å². The van der Waals surface area contributed by atoms with Gasteiger partial charge >= 0.3 is 0 Å². The van der Waals surface area contributed by atoms with Crippen molar-refractivity contribution >= 4 is 33.2 Å². The smallest absolute Gasteiger partial charge is 0.240 e. The van der Waals surface area contributed by atoms with Gasteiger partial charge in [0.05, 0.1) is 11.9 Å². The van der Waals surface area contributed by atoms with Crippen LogP contribution in [0, 0.1) is 6.92 Å². The highest BCUT2D eigenvalue weighted by molar-refractivity contribution is 7.92. The van der Waals surface area contributed by atoms with Crippen molar-refractivity contribution in [2.45, 2.75) is 6.92 Å². The van der Waals surface area contributed by atoms with Crippen LogP contribution < -0.4 is 9.62 Å². The van der Waals surface area contributed by atoms with Crippen LogP contribution in [0.4, 0.5) is 5.69 Å². The summed E-state index contributed by atoms with van der Waals surface area (Å²) in [5.74, 6) is -0.380. The van der Waals surface area contributed by atoms with E-state index >= 15 is 0 Å². The third-order valence-corrected chi connectivity index (χ3v) is 3.76. The van der Waals surface area contributed by atoms with Gasteiger partial charge in [-0.1, -0.05) is 11.6 Å². The summed E-state index contributed by atoms with van der Waals surface area (Å²) in [7, 11) is -2.07. The summed E-state index contributed by atoms with van der Waals surface area (Å²) >= 11 is 5.82. The zero-order chi connectivity index (χ0) is 13.9. The molecule has 1 rings (SSSR count). The van der Waals surface area contributed by atoms with Gasteiger partial charge in [0.2, 0.25) is 15.9 Å². The third kappa shape index (κ3) is 3.61. The molecule has 5 nitrogen and oxygen atoms in total. The Morgan fingerprint density at radius 3 is 2.50 bits per heavy atom. The molecule has 7 heteroatoms. The van der Waals surface area contributed by atoms with Gasteiger partial charge in [0.1, 0.15) is 6.54 Å². The van der Waals surface area contributed by atoms with Crippen LogP contribution in [-0.2, 0) is 14.8 Å². The van der Waals surface area contributed by atoms with Crippen LogP contribution in [0.15, 0.2) is 18.2 Å². The Balaban J connectivity index is 3.22. The highest BCUT2D eigenvalue weighted by Crippen LogP contribution is 2.25. The van der Waals surface area contributed by atoms with Crippen LogP contribution in [0.25, 0.3) is 0 Å². The Labute approximate surface area is 112 Å². The number of halogens is 1. The molecule has 0 atom stereocenters. The fourth-order valence-electron chi connectivity index (χ4n) is 1.49. The number of hydrogen-bond donors (Lipinski definition) is 1. The van der Waals surface area contributed by atoms with E-state index in [-0.39, 0.29) is 12.5 Å². The number of nitrogens with zero attached hydrogens (tertiary/aromatic N) is 1. The monoisotopic (exact) mass is 290 g/mol. The van der Waals surface area contributed by atoms with E-state index in [9.17, 15) is 13.2 Å². The molecule has 0 bridgehead atoms. The van der Waals surface area contributed by atoms with Gasteiger partial charge in [-0.2, -0.15) is 0 Å². The van der Waals surface area contributed by atoms with E-state index in [1.54, 1.807) is 25.1 Å². The number of carbonyl (C=O) groups excluding carboxylic acids is 1. The van der Waals surface area contributed by atoms with Gasteiger partial charge in [-0.15, -0.1) is 0 Å². The topological polar surface area (TPSA) is 66.5 Å². The molecule has 0 radical (unpaired) electrons. The number of sulfonamides is 1. The lowest BCUT2D eigenvalue weighted by atomic mass is 10.2. The van der Waals surface area contributed by atoms with Crippen molar-refractivity contribution in [3.8, 4) is 0 Å². The molecule has 0 heterocycles. The van der Waals surface area contributed by atoms with Gasteiger partial charge in [0.25, 0.3) is 0 Å². The minimum atomic E-state index is -3.53. The molecule has 0 saturated heterocycles. The second kappa shape index (κ2) is 5.58. The lowest BCUT2D eigenvalue weighted by Crippen LogP contribution is -2.39. The van der Waals surface area contributed by atoms with E-state index in [2.05, 4.69) is 5.32 Å². The quantitative estimate of drug-likeness (QED) is 0.905. The number of amides is 1. The van der Waals surface area contributed by atoms with Crippen LogP contribution in [0.1, 0.15) is 5.56 Å². The molecule has 100 valence electrons. The number of anilines is 1.